The van der Waals surface area contributed by atoms with E-state index in [2.05, 4.69) is 98.9 Å². The van der Waals surface area contributed by atoms with Crippen molar-refractivity contribution in [2.75, 3.05) is 47.5 Å². The lowest BCUT2D eigenvalue weighted by atomic mass is 10.0. The van der Waals surface area contributed by atoms with E-state index in [1.807, 2.05) is 21.1 Å². The molecule has 0 amide bonds. The SMILES string of the molecule is CC/C=C\C/C=C\C/C=C\C/C=C\C/C=C\C/C=C\CCCCCCCCCCCCC(=O)OC(COC(=O)CCCCCCCCCCCCCCCCCCCCCCC/C=C\CCCCCCCCCC)COP(=O)(O)OCC[N+](C)(C)C. The first-order valence-electron chi connectivity index (χ1n) is 36.3. The van der Waals surface area contributed by atoms with Gasteiger partial charge in [-0.2, -0.15) is 0 Å². The summed E-state index contributed by atoms with van der Waals surface area (Å²) in [6, 6.07) is 0. The molecule has 0 rings (SSSR count). The van der Waals surface area contributed by atoms with Gasteiger partial charge < -0.3 is 18.9 Å². The highest BCUT2D eigenvalue weighted by molar-refractivity contribution is 7.47. The molecule has 0 aromatic rings. The Bertz CT molecular complexity index is 1730. The van der Waals surface area contributed by atoms with Gasteiger partial charge in [-0.05, 0) is 89.9 Å². The monoisotopic (exact) mass is 1230 g/mol. The van der Waals surface area contributed by atoms with Crippen LogP contribution < -0.4 is 0 Å². The summed E-state index contributed by atoms with van der Waals surface area (Å²) in [5, 5.41) is 0. The van der Waals surface area contributed by atoms with Crippen LogP contribution in [0.15, 0.2) is 85.1 Å². The zero-order chi connectivity index (χ0) is 62.6. The van der Waals surface area contributed by atoms with Gasteiger partial charge in [-0.1, -0.05) is 317 Å². The van der Waals surface area contributed by atoms with Gasteiger partial charge in [-0.15, -0.1) is 0 Å². The topological polar surface area (TPSA) is 108 Å². The number of likely N-dealkylation sites (N-methyl/N-ethyl adjacent to an activating group) is 1. The molecule has 9 nitrogen and oxygen atoms in total. The van der Waals surface area contributed by atoms with Crippen LogP contribution in [0.5, 0.6) is 0 Å². The molecule has 0 fully saturated rings. The van der Waals surface area contributed by atoms with Crippen LogP contribution in [-0.4, -0.2) is 74.9 Å². The molecular formula is C76H139NO8P+. The predicted molar refractivity (Wildman–Crippen MR) is 372 cm³/mol. The quantitative estimate of drug-likeness (QED) is 0.0211. The molecule has 0 saturated heterocycles. The fraction of sp³-hybridized carbons (Fsp3) is 0.789. The highest BCUT2D eigenvalue weighted by Crippen LogP contribution is 2.43. The summed E-state index contributed by atoms with van der Waals surface area (Å²) in [5.41, 5.74) is 0. The molecule has 0 aliphatic rings. The van der Waals surface area contributed by atoms with E-state index < -0.39 is 26.5 Å². The maximum absolute atomic E-state index is 12.9. The van der Waals surface area contributed by atoms with Crippen LogP contribution in [0.2, 0.25) is 0 Å². The Morgan fingerprint density at radius 3 is 1.00 bits per heavy atom. The summed E-state index contributed by atoms with van der Waals surface area (Å²) in [6.45, 7) is 4.36. The van der Waals surface area contributed by atoms with E-state index in [1.165, 1.54) is 218 Å². The van der Waals surface area contributed by atoms with Crippen molar-refractivity contribution in [3.05, 3.63) is 85.1 Å². The van der Waals surface area contributed by atoms with Gasteiger partial charge in [0.2, 0.25) is 0 Å². The van der Waals surface area contributed by atoms with Gasteiger partial charge in [0.1, 0.15) is 19.8 Å². The molecule has 0 aliphatic heterocycles. The molecule has 1 N–H and O–H groups in total. The lowest BCUT2D eigenvalue weighted by Crippen LogP contribution is -2.37. The Morgan fingerprint density at radius 2 is 0.663 bits per heavy atom. The number of ether oxygens (including phenoxy) is 2. The minimum absolute atomic E-state index is 0.0291. The van der Waals surface area contributed by atoms with Crippen molar-refractivity contribution in [1.29, 1.82) is 0 Å². The molecule has 10 heteroatoms. The average molecular weight is 1230 g/mol. The Balaban J connectivity index is 4.02. The Labute approximate surface area is 532 Å². The summed E-state index contributed by atoms with van der Waals surface area (Å²) >= 11 is 0. The standard InChI is InChI=1S/C76H138NO8P/c1-6-8-10-12-14-16-18-20-22-24-26-28-30-32-34-36-37-38-39-41-42-44-46-48-50-52-54-56-58-60-62-64-66-68-75(78)82-72-74(73-84-86(80,81)83-71-70-77(3,4)5)85-76(79)69-67-65-63-61-59-57-55-53-51-49-47-45-43-40-35-33-31-29-27-25-23-21-19-17-15-13-11-9-7-2/h9,11,15,17,21,23-24,26-27,29,33,35,43,45,74H,6-8,10,12-14,16,18-20,22,25,28,30-32,34,36-42,44,46-73H2,1-5H3/p+1/b11-9-,17-15-,23-21-,26-24-,29-27-,35-33-,45-43-. The predicted octanol–water partition coefficient (Wildman–Crippen LogP) is 23.7. The van der Waals surface area contributed by atoms with E-state index >= 15 is 0 Å². The molecule has 2 atom stereocenters. The van der Waals surface area contributed by atoms with Gasteiger partial charge in [0.05, 0.1) is 27.7 Å². The third kappa shape index (κ3) is 70.3. The molecule has 500 valence electrons. The average Bonchev–Trinajstić information content (AvgIpc) is 3.67. The lowest BCUT2D eigenvalue weighted by Gasteiger charge is -2.24. The molecule has 0 aliphatic carbocycles. The zero-order valence-electron chi connectivity index (χ0n) is 57.0. The first kappa shape index (κ1) is 83.2. The third-order valence-electron chi connectivity index (χ3n) is 15.9. The van der Waals surface area contributed by atoms with Gasteiger partial charge in [0.25, 0.3) is 0 Å². The molecule has 0 heterocycles. The van der Waals surface area contributed by atoms with Crippen molar-refractivity contribution in [2.45, 2.75) is 341 Å². The Morgan fingerprint density at radius 1 is 0.372 bits per heavy atom. The van der Waals surface area contributed by atoms with Gasteiger partial charge in [-0.25, -0.2) is 4.57 Å². The fourth-order valence-corrected chi connectivity index (χ4v) is 11.1. The van der Waals surface area contributed by atoms with E-state index in [4.69, 9.17) is 18.5 Å². The number of esters is 2. The van der Waals surface area contributed by atoms with Crippen molar-refractivity contribution < 1.29 is 42.1 Å². The molecule has 0 saturated carbocycles. The molecular weight excluding hydrogens is 1090 g/mol. The van der Waals surface area contributed by atoms with Gasteiger partial charge >= 0.3 is 19.8 Å². The van der Waals surface area contributed by atoms with Crippen molar-refractivity contribution in [3.8, 4) is 0 Å². The number of hydrogen-bond acceptors (Lipinski definition) is 7. The Hall–Kier alpha value is -2.81. The smallest absolute Gasteiger partial charge is 0.462 e. The molecule has 0 aromatic carbocycles. The van der Waals surface area contributed by atoms with E-state index in [0.717, 1.165) is 83.5 Å². The van der Waals surface area contributed by atoms with Gasteiger partial charge in [-0.3, -0.25) is 18.6 Å². The van der Waals surface area contributed by atoms with Gasteiger partial charge in [0, 0.05) is 12.8 Å². The van der Waals surface area contributed by atoms with Crippen LogP contribution in [0.1, 0.15) is 335 Å². The van der Waals surface area contributed by atoms with Gasteiger partial charge in [0.15, 0.2) is 6.10 Å². The number of carbonyl (C=O) groups is 2. The molecule has 86 heavy (non-hydrogen) atoms. The van der Waals surface area contributed by atoms with Crippen LogP contribution in [0, 0.1) is 0 Å². The number of carbonyl (C=O) groups excluding carboxylic acids is 2. The Kier molecular flexibility index (Phi) is 64.4. The van der Waals surface area contributed by atoms with Crippen LogP contribution in [0.3, 0.4) is 0 Å². The number of allylic oxidation sites excluding steroid dienone is 14. The molecule has 0 bridgehead atoms. The van der Waals surface area contributed by atoms with Crippen molar-refractivity contribution >= 4 is 19.8 Å². The second-order valence-corrected chi connectivity index (χ2v) is 27.0. The highest BCUT2D eigenvalue weighted by atomic mass is 31.2. The third-order valence-corrected chi connectivity index (χ3v) is 16.9. The van der Waals surface area contributed by atoms with Crippen LogP contribution in [-0.2, 0) is 32.7 Å². The number of unbranched alkanes of at least 4 members (excludes halogenated alkanes) is 39. The normalized spacial score (nSPS) is 13.6. The minimum Gasteiger partial charge on any atom is -0.462 e. The zero-order valence-corrected chi connectivity index (χ0v) is 57.9. The lowest BCUT2D eigenvalue weighted by molar-refractivity contribution is -0.870. The summed E-state index contributed by atoms with van der Waals surface area (Å²) in [6.07, 6.45) is 91.3. The maximum atomic E-state index is 12.9. The molecule has 0 aromatic heterocycles. The van der Waals surface area contributed by atoms with Crippen LogP contribution >= 0.6 is 7.82 Å². The largest absolute Gasteiger partial charge is 0.472 e. The molecule has 0 radical (unpaired) electrons. The van der Waals surface area contributed by atoms with E-state index in [0.29, 0.717) is 17.4 Å². The summed E-state index contributed by atoms with van der Waals surface area (Å²) < 4.78 is 34.8. The second-order valence-electron chi connectivity index (χ2n) is 25.6. The highest BCUT2D eigenvalue weighted by Gasteiger charge is 2.27. The van der Waals surface area contributed by atoms with E-state index in [-0.39, 0.29) is 32.0 Å². The number of nitrogens with zero attached hydrogens (tertiary/aromatic N) is 1. The van der Waals surface area contributed by atoms with Crippen molar-refractivity contribution in [2.24, 2.45) is 0 Å². The van der Waals surface area contributed by atoms with Crippen LogP contribution in [0.4, 0.5) is 0 Å². The number of rotatable bonds is 67. The summed E-state index contributed by atoms with van der Waals surface area (Å²) in [7, 11) is 1.48. The first-order valence-corrected chi connectivity index (χ1v) is 37.8. The molecule has 0 spiro atoms. The maximum Gasteiger partial charge on any atom is 0.472 e. The molecule has 2 unspecified atom stereocenters. The minimum atomic E-state index is -4.40. The number of phosphoric ester groups is 1. The fourth-order valence-electron chi connectivity index (χ4n) is 10.4. The number of hydrogen-bond donors (Lipinski definition) is 1. The van der Waals surface area contributed by atoms with Crippen molar-refractivity contribution in [3.63, 3.8) is 0 Å². The van der Waals surface area contributed by atoms with Crippen molar-refractivity contribution in [1.82, 2.24) is 0 Å². The number of quaternary nitrogens is 1. The number of phosphoric acid groups is 1. The van der Waals surface area contributed by atoms with E-state index in [1.54, 1.807) is 0 Å². The first-order chi connectivity index (χ1) is 42.0. The van der Waals surface area contributed by atoms with Crippen LogP contribution in [0.25, 0.3) is 0 Å². The summed E-state index contributed by atoms with van der Waals surface area (Å²) in [5.74, 6) is -0.792. The summed E-state index contributed by atoms with van der Waals surface area (Å²) in [4.78, 5) is 35.9. The van der Waals surface area contributed by atoms with E-state index in [9.17, 15) is 19.0 Å². The second kappa shape index (κ2) is 66.6.